The van der Waals surface area contributed by atoms with Crippen LogP contribution in [0.4, 0.5) is 0 Å². The number of esters is 1. The molecule has 0 bridgehead atoms. The minimum Gasteiger partial charge on any atom is -0.456 e. The van der Waals surface area contributed by atoms with Crippen LogP contribution in [-0.4, -0.2) is 30.5 Å². The first kappa shape index (κ1) is 20.2. The van der Waals surface area contributed by atoms with Gasteiger partial charge in [-0.15, -0.1) is 12.4 Å². The van der Waals surface area contributed by atoms with Crippen LogP contribution in [0.15, 0.2) is 60.7 Å². The first-order chi connectivity index (χ1) is 11.2. The van der Waals surface area contributed by atoms with Crippen LogP contribution < -0.4 is 0 Å². The van der Waals surface area contributed by atoms with Gasteiger partial charge in [0.1, 0.15) is 6.10 Å². The Hall–Kier alpha value is -1.84. The van der Waals surface area contributed by atoms with Crippen LogP contribution in [0.25, 0.3) is 0 Å². The van der Waals surface area contributed by atoms with Crippen molar-refractivity contribution < 1.29 is 9.53 Å². The van der Waals surface area contributed by atoms with Crippen molar-refractivity contribution in [1.29, 1.82) is 0 Å². The number of halogens is 1. The van der Waals surface area contributed by atoms with E-state index in [1.165, 1.54) is 0 Å². The molecule has 0 spiro atoms. The molecule has 2 rings (SSSR count). The lowest BCUT2D eigenvalue weighted by Crippen LogP contribution is -2.30. The van der Waals surface area contributed by atoms with E-state index in [0.29, 0.717) is 6.42 Å². The van der Waals surface area contributed by atoms with Crippen molar-refractivity contribution in [3.63, 3.8) is 0 Å². The second-order valence-electron chi connectivity index (χ2n) is 5.54. The number of hydrogen-bond donors (Lipinski definition) is 0. The smallest absolute Gasteiger partial charge is 0.310 e. The van der Waals surface area contributed by atoms with Crippen LogP contribution in [0.5, 0.6) is 0 Å². The lowest BCUT2D eigenvalue weighted by Gasteiger charge is -2.25. The molecule has 0 amide bonds. The molecule has 2 aromatic carbocycles. The highest BCUT2D eigenvalue weighted by molar-refractivity contribution is 5.85. The zero-order valence-electron chi connectivity index (χ0n) is 14.4. The predicted molar refractivity (Wildman–Crippen MR) is 100 cm³/mol. The summed E-state index contributed by atoms with van der Waals surface area (Å²) in [5.74, 6) is -0.183. The SMILES string of the molecule is CCN(CC)CC(OC(=O)Cc1ccccc1)c1ccccc1.Cl. The molecule has 130 valence electrons. The lowest BCUT2D eigenvalue weighted by atomic mass is 10.1. The van der Waals surface area contributed by atoms with Crippen molar-refractivity contribution >= 4 is 18.4 Å². The molecule has 0 heterocycles. The molecule has 2 aromatic rings. The van der Waals surface area contributed by atoms with E-state index in [9.17, 15) is 4.79 Å². The van der Waals surface area contributed by atoms with Gasteiger partial charge in [0.05, 0.1) is 6.42 Å². The molecule has 0 aliphatic carbocycles. The van der Waals surface area contributed by atoms with Gasteiger partial charge in [-0.05, 0) is 24.2 Å². The van der Waals surface area contributed by atoms with Crippen LogP contribution >= 0.6 is 12.4 Å². The van der Waals surface area contributed by atoms with E-state index in [4.69, 9.17) is 4.74 Å². The highest BCUT2D eigenvalue weighted by atomic mass is 35.5. The fourth-order valence-electron chi connectivity index (χ4n) is 2.56. The largest absolute Gasteiger partial charge is 0.456 e. The summed E-state index contributed by atoms with van der Waals surface area (Å²) in [5.41, 5.74) is 2.02. The number of nitrogens with zero attached hydrogens (tertiary/aromatic N) is 1. The topological polar surface area (TPSA) is 29.5 Å². The number of benzene rings is 2. The zero-order valence-corrected chi connectivity index (χ0v) is 15.2. The van der Waals surface area contributed by atoms with Crippen molar-refractivity contribution in [1.82, 2.24) is 4.90 Å². The monoisotopic (exact) mass is 347 g/mol. The van der Waals surface area contributed by atoms with Gasteiger partial charge >= 0.3 is 5.97 Å². The zero-order chi connectivity index (χ0) is 16.5. The van der Waals surface area contributed by atoms with Crippen molar-refractivity contribution in [2.75, 3.05) is 19.6 Å². The number of rotatable bonds is 8. The van der Waals surface area contributed by atoms with Gasteiger partial charge in [-0.1, -0.05) is 74.5 Å². The Balaban J connectivity index is 0.00000288. The third-order valence-electron chi connectivity index (χ3n) is 3.95. The van der Waals surface area contributed by atoms with E-state index in [0.717, 1.165) is 30.8 Å². The number of hydrogen-bond acceptors (Lipinski definition) is 3. The van der Waals surface area contributed by atoms with E-state index in [1.807, 2.05) is 60.7 Å². The molecule has 4 heteroatoms. The summed E-state index contributed by atoms with van der Waals surface area (Å²) >= 11 is 0. The fraction of sp³-hybridized carbons (Fsp3) is 0.350. The maximum absolute atomic E-state index is 12.3. The second kappa shape index (κ2) is 10.8. The first-order valence-electron chi connectivity index (χ1n) is 8.23. The summed E-state index contributed by atoms with van der Waals surface area (Å²) in [6, 6.07) is 19.7. The van der Waals surface area contributed by atoms with Gasteiger partial charge in [0.15, 0.2) is 0 Å². The van der Waals surface area contributed by atoms with Gasteiger partial charge in [-0.2, -0.15) is 0 Å². The Morgan fingerprint density at radius 3 is 2.04 bits per heavy atom. The summed E-state index contributed by atoms with van der Waals surface area (Å²) in [5, 5.41) is 0. The Labute approximate surface area is 151 Å². The van der Waals surface area contributed by atoms with Crippen LogP contribution in [0.2, 0.25) is 0 Å². The Morgan fingerprint density at radius 2 is 1.50 bits per heavy atom. The normalized spacial score (nSPS) is 11.6. The Bertz CT molecular complexity index is 585. The molecule has 0 fully saturated rings. The Morgan fingerprint density at radius 1 is 0.958 bits per heavy atom. The summed E-state index contributed by atoms with van der Waals surface area (Å²) in [4.78, 5) is 14.6. The van der Waals surface area contributed by atoms with Gasteiger partial charge < -0.3 is 4.74 Å². The average molecular weight is 348 g/mol. The van der Waals surface area contributed by atoms with Crippen molar-refractivity contribution in [2.24, 2.45) is 0 Å². The second-order valence-corrected chi connectivity index (χ2v) is 5.54. The number of likely N-dealkylation sites (N-methyl/N-ethyl adjacent to an activating group) is 1. The predicted octanol–water partition coefficient (Wildman–Crippen LogP) is 4.28. The molecule has 1 atom stereocenters. The molecule has 0 aliphatic rings. The van der Waals surface area contributed by atoms with E-state index >= 15 is 0 Å². The third kappa shape index (κ3) is 6.34. The van der Waals surface area contributed by atoms with Gasteiger partial charge in [0.2, 0.25) is 0 Å². The number of carbonyl (C=O) groups excluding carboxylic acids is 1. The fourth-order valence-corrected chi connectivity index (χ4v) is 2.56. The molecule has 0 radical (unpaired) electrons. The van der Waals surface area contributed by atoms with E-state index in [2.05, 4.69) is 18.7 Å². The summed E-state index contributed by atoms with van der Waals surface area (Å²) in [6.45, 7) is 6.85. The molecular weight excluding hydrogens is 322 g/mol. The molecule has 0 saturated heterocycles. The minimum absolute atomic E-state index is 0. The third-order valence-corrected chi connectivity index (χ3v) is 3.95. The highest BCUT2D eigenvalue weighted by Crippen LogP contribution is 2.19. The maximum Gasteiger partial charge on any atom is 0.310 e. The van der Waals surface area contributed by atoms with Gasteiger partial charge in [0, 0.05) is 6.54 Å². The van der Waals surface area contributed by atoms with Crippen LogP contribution in [0.3, 0.4) is 0 Å². The summed E-state index contributed by atoms with van der Waals surface area (Å²) in [6.07, 6.45) is 0.0786. The van der Waals surface area contributed by atoms with E-state index < -0.39 is 0 Å². The first-order valence-corrected chi connectivity index (χ1v) is 8.23. The van der Waals surface area contributed by atoms with Crippen LogP contribution in [0, 0.1) is 0 Å². The average Bonchev–Trinajstić information content (AvgIpc) is 2.60. The minimum atomic E-state index is -0.229. The molecular formula is C20H26ClNO2. The van der Waals surface area contributed by atoms with Gasteiger partial charge in [0.25, 0.3) is 0 Å². The molecule has 0 saturated carbocycles. The number of carbonyl (C=O) groups is 1. The Kier molecular flexibility index (Phi) is 9.13. The molecule has 0 aromatic heterocycles. The number of ether oxygens (including phenoxy) is 1. The maximum atomic E-state index is 12.3. The van der Waals surface area contributed by atoms with E-state index in [1.54, 1.807) is 0 Å². The summed E-state index contributed by atoms with van der Waals surface area (Å²) in [7, 11) is 0. The van der Waals surface area contributed by atoms with Crippen molar-refractivity contribution in [2.45, 2.75) is 26.4 Å². The molecule has 0 aliphatic heterocycles. The molecule has 0 N–H and O–H groups in total. The van der Waals surface area contributed by atoms with Crippen molar-refractivity contribution in [3.05, 3.63) is 71.8 Å². The van der Waals surface area contributed by atoms with Crippen LogP contribution in [-0.2, 0) is 16.0 Å². The van der Waals surface area contributed by atoms with Crippen molar-refractivity contribution in [3.8, 4) is 0 Å². The molecule has 24 heavy (non-hydrogen) atoms. The lowest BCUT2D eigenvalue weighted by molar-refractivity contribution is -0.149. The molecule has 3 nitrogen and oxygen atoms in total. The van der Waals surface area contributed by atoms with Gasteiger partial charge in [-0.25, -0.2) is 0 Å². The van der Waals surface area contributed by atoms with Gasteiger partial charge in [-0.3, -0.25) is 9.69 Å². The highest BCUT2D eigenvalue weighted by Gasteiger charge is 2.19. The summed E-state index contributed by atoms with van der Waals surface area (Å²) < 4.78 is 5.79. The van der Waals surface area contributed by atoms with Crippen LogP contribution in [0.1, 0.15) is 31.1 Å². The quantitative estimate of drug-likeness (QED) is 0.667. The molecule has 1 unspecified atom stereocenters. The standard InChI is InChI=1S/C20H25NO2.ClH/c1-3-21(4-2)16-19(18-13-9-6-10-14-18)23-20(22)15-17-11-7-5-8-12-17;/h5-14,19H,3-4,15-16H2,1-2H3;1H. The van der Waals surface area contributed by atoms with E-state index in [-0.39, 0.29) is 24.5 Å².